The molecule has 0 radical (unpaired) electrons. The molecule has 2 N–H and O–H groups in total. The van der Waals surface area contributed by atoms with Crippen LogP contribution in [0.5, 0.6) is 5.75 Å². The van der Waals surface area contributed by atoms with Gasteiger partial charge in [0.15, 0.2) is 0 Å². The van der Waals surface area contributed by atoms with Crippen molar-refractivity contribution in [3.8, 4) is 17.0 Å². The third-order valence-electron chi connectivity index (χ3n) is 6.76. The van der Waals surface area contributed by atoms with Crippen molar-refractivity contribution in [2.24, 2.45) is 5.10 Å². The molecule has 0 saturated heterocycles. The number of hydrogen-bond acceptors (Lipinski definition) is 4. The van der Waals surface area contributed by atoms with Gasteiger partial charge in [-0.25, -0.2) is 10.4 Å². The van der Waals surface area contributed by atoms with Crippen LogP contribution in [0.1, 0.15) is 79.7 Å². The number of aryl methyl sites for hydroxylation is 2. The van der Waals surface area contributed by atoms with Crippen LogP contribution in [0.25, 0.3) is 22.2 Å². The number of para-hydroxylation sites is 1. The van der Waals surface area contributed by atoms with E-state index in [0.29, 0.717) is 11.3 Å². The highest BCUT2D eigenvalue weighted by Crippen LogP contribution is 2.39. The fourth-order valence-electron chi connectivity index (χ4n) is 4.61. The molecule has 5 nitrogen and oxygen atoms in total. The average molecular weight is 508 g/mol. The lowest BCUT2D eigenvalue weighted by molar-refractivity contribution is 0.0956. The van der Waals surface area contributed by atoms with Gasteiger partial charge in [0.05, 0.1) is 23.0 Å². The highest BCUT2D eigenvalue weighted by Gasteiger charge is 2.26. The second-order valence-electron chi connectivity index (χ2n) is 12.1. The van der Waals surface area contributed by atoms with Crippen molar-refractivity contribution in [2.75, 3.05) is 0 Å². The summed E-state index contributed by atoms with van der Waals surface area (Å²) in [5.74, 6) is 0.00527. The SMILES string of the molecule is Cc1ccc(C)c(-c2cc(C(=O)N/N=C/c3cc(C(C)(C)C)c(O)c(C(C)(C)C)c3)c3ccccc3n2)c1. The normalized spacial score (nSPS) is 12.3. The Labute approximate surface area is 225 Å². The number of nitrogens with one attached hydrogen (secondary N) is 1. The van der Waals surface area contributed by atoms with Crippen LogP contribution in [0.2, 0.25) is 0 Å². The lowest BCUT2D eigenvalue weighted by Gasteiger charge is -2.27. The Balaban J connectivity index is 1.71. The first-order valence-electron chi connectivity index (χ1n) is 12.9. The van der Waals surface area contributed by atoms with Gasteiger partial charge in [-0.05, 0) is 66.1 Å². The monoisotopic (exact) mass is 507 g/mol. The van der Waals surface area contributed by atoms with Gasteiger partial charge in [-0.2, -0.15) is 5.10 Å². The van der Waals surface area contributed by atoms with E-state index in [4.69, 9.17) is 4.98 Å². The molecule has 5 heteroatoms. The molecule has 4 aromatic rings. The molecular weight excluding hydrogens is 470 g/mol. The highest BCUT2D eigenvalue weighted by molar-refractivity contribution is 6.07. The van der Waals surface area contributed by atoms with E-state index in [2.05, 4.69) is 70.3 Å². The molecule has 1 aromatic heterocycles. The van der Waals surface area contributed by atoms with E-state index in [-0.39, 0.29) is 16.7 Å². The molecule has 196 valence electrons. The van der Waals surface area contributed by atoms with E-state index in [1.807, 2.05) is 56.3 Å². The molecule has 0 spiro atoms. The summed E-state index contributed by atoms with van der Waals surface area (Å²) in [5.41, 5.74) is 9.96. The van der Waals surface area contributed by atoms with Gasteiger partial charge in [0.2, 0.25) is 0 Å². The number of pyridine rings is 1. The molecule has 0 fully saturated rings. The second-order valence-corrected chi connectivity index (χ2v) is 12.1. The maximum Gasteiger partial charge on any atom is 0.272 e. The van der Waals surface area contributed by atoms with Gasteiger partial charge in [-0.15, -0.1) is 0 Å². The summed E-state index contributed by atoms with van der Waals surface area (Å²) in [4.78, 5) is 18.2. The van der Waals surface area contributed by atoms with Gasteiger partial charge < -0.3 is 5.11 Å². The maximum atomic E-state index is 13.4. The molecule has 0 aliphatic carbocycles. The summed E-state index contributed by atoms with van der Waals surface area (Å²) in [5, 5.41) is 16.1. The molecule has 38 heavy (non-hydrogen) atoms. The molecular formula is C33H37N3O2. The molecule has 3 aromatic carbocycles. The van der Waals surface area contributed by atoms with E-state index >= 15 is 0 Å². The Bertz CT molecular complexity index is 1520. The number of rotatable bonds is 4. The van der Waals surface area contributed by atoms with E-state index in [0.717, 1.165) is 50.0 Å². The minimum absolute atomic E-state index is 0.253. The van der Waals surface area contributed by atoms with Crippen molar-refractivity contribution in [1.82, 2.24) is 10.4 Å². The van der Waals surface area contributed by atoms with Gasteiger partial charge >= 0.3 is 0 Å². The third kappa shape index (κ3) is 5.62. The summed E-state index contributed by atoms with van der Waals surface area (Å²) in [6.45, 7) is 16.5. The Morgan fingerprint density at radius 1 is 0.895 bits per heavy atom. The van der Waals surface area contributed by atoms with Gasteiger partial charge in [0.1, 0.15) is 5.75 Å². The molecule has 0 aliphatic rings. The Morgan fingerprint density at radius 3 is 2.16 bits per heavy atom. The molecule has 0 saturated carbocycles. The van der Waals surface area contributed by atoms with Gasteiger partial charge in [0, 0.05) is 22.1 Å². The first-order chi connectivity index (χ1) is 17.8. The van der Waals surface area contributed by atoms with Crippen LogP contribution in [0.4, 0.5) is 0 Å². The molecule has 0 bridgehead atoms. The van der Waals surface area contributed by atoms with Crippen molar-refractivity contribution in [2.45, 2.75) is 66.2 Å². The van der Waals surface area contributed by atoms with Crippen LogP contribution >= 0.6 is 0 Å². The number of carbonyl (C=O) groups is 1. The number of aromatic hydroxyl groups is 1. The van der Waals surface area contributed by atoms with Gasteiger partial charge in [0.25, 0.3) is 5.91 Å². The number of amides is 1. The quantitative estimate of drug-likeness (QED) is 0.221. The van der Waals surface area contributed by atoms with Crippen molar-refractivity contribution in [1.29, 1.82) is 0 Å². The first kappa shape index (κ1) is 27.1. The molecule has 1 amide bonds. The van der Waals surface area contributed by atoms with Crippen LogP contribution in [0, 0.1) is 13.8 Å². The van der Waals surface area contributed by atoms with Crippen LogP contribution < -0.4 is 5.43 Å². The highest BCUT2D eigenvalue weighted by atomic mass is 16.3. The maximum absolute atomic E-state index is 13.4. The summed E-state index contributed by atoms with van der Waals surface area (Å²) < 4.78 is 0. The number of benzene rings is 3. The summed E-state index contributed by atoms with van der Waals surface area (Å²) >= 11 is 0. The fourth-order valence-corrected chi connectivity index (χ4v) is 4.61. The second kappa shape index (κ2) is 10.1. The van der Waals surface area contributed by atoms with Crippen LogP contribution in [0.3, 0.4) is 0 Å². The van der Waals surface area contributed by atoms with E-state index in [1.165, 1.54) is 0 Å². The predicted octanol–water partition coefficient (Wildman–Crippen LogP) is 7.58. The smallest absolute Gasteiger partial charge is 0.272 e. The lowest BCUT2D eigenvalue weighted by Crippen LogP contribution is -2.19. The van der Waals surface area contributed by atoms with Crippen molar-refractivity contribution in [3.05, 3.63) is 94.0 Å². The zero-order valence-corrected chi connectivity index (χ0v) is 23.6. The standard InChI is InChI=1S/C33H37N3O2/c1-20-13-14-21(2)24(15-20)29-18-25(23-11-9-10-12-28(23)35-29)31(38)36-34-19-22-16-26(32(3,4)5)30(37)27(17-22)33(6,7)8/h9-19,37H,1-8H3,(H,36,38)/b34-19+. The number of nitrogens with zero attached hydrogens (tertiary/aromatic N) is 2. The Hall–Kier alpha value is -3.99. The Morgan fingerprint density at radius 2 is 1.53 bits per heavy atom. The van der Waals surface area contributed by atoms with Crippen LogP contribution in [0.15, 0.2) is 65.8 Å². The van der Waals surface area contributed by atoms with E-state index in [1.54, 1.807) is 6.21 Å². The molecule has 1 heterocycles. The molecule has 4 rings (SSSR count). The number of phenols is 1. The average Bonchev–Trinajstić information content (AvgIpc) is 2.84. The number of hydrazone groups is 1. The van der Waals surface area contributed by atoms with Crippen LogP contribution in [-0.2, 0) is 10.8 Å². The van der Waals surface area contributed by atoms with Gasteiger partial charge in [-0.1, -0.05) is 77.4 Å². The van der Waals surface area contributed by atoms with Crippen molar-refractivity contribution >= 4 is 23.0 Å². The van der Waals surface area contributed by atoms with Crippen molar-refractivity contribution in [3.63, 3.8) is 0 Å². The summed E-state index contributed by atoms with van der Waals surface area (Å²) in [6.07, 6.45) is 1.64. The van der Waals surface area contributed by atoms with Crippen molar-refractivity contribution < 1.29 is 9.90 Å². The van der Waals surface area contributed by atoms with Gasteiger partial charge in [-0.3, -0.25) is 4.79 Å². The number of fused-ring (bicyclic) bond motifs is 1. The number of carbonyl (C=O) groups excluding carboxylic acids is 1. The minimum atomic E-state index is -0.308. The topological polar surface area (TPSA) is 74.6 Å². The lowest BCUT2D eigenvalue weighted by atomic mass is 9.78. The summed E-state index contributed by atoms with van der Waals surface area (Å²) in [6, 6.07) is 19.6. The van der Waals surface area contributed by atoms with E-state index < -0.39 is 0 Å². The van der Waals surface area contributed by atoms with E-state index in [9.17, 15) is 9.90 Å². The molecule has 0 unspecified atom stereocenters. The predicted molar refractivity (Wildman–Crippen MR) is 157 cm³/mol. The minimum Gasteiger partial charge on any atom is -0.507 e. The Kier molecular flexibility index (Phi) is 7.16. The van der Waals surface area contributed by atoms with Crippen LogP contribution in [-0.4, -0.2) is 22.2 Å². The number of aromatic nitrogens is 1. The third-order valence-corrected chi connectivity index (χ3v) is 6.76. The fraction of sp³-hybridized carbons (Fsp3) is 0.303. The number of phenolic OH excluding ortho intramolecular Hbond substituents is 1. The summed E-state index contributed by atoms with van der Waals surface area (Å²) in [7, 11) is 0. The largest absolute Gasteiger partial charge is 0.507 e. The zero-order chi connectivity index (χ0) is 27.8. The first-order valence-corrected chi connectivity index (χ1v) is 12.9. The molecule has 0 aliphatic heterocycles. The zero-order valence-electron chi connectivity index (χ0n) is 23.6. The molecule has 0 atom stereocenters. The number of hydrogen-bond donors (Lipinski definition) is 2.